The van der Waals surface area contributed by atoms with Crippen molar-refractivity contribution in [1.82, 2.24) is 0 Å². The van der Waals surface area contributed by atoms with Crippen molar-refractivity contribution in [3.8, 4) is 0 Å². The number of nitrogens with two attached hydrogens (primary N) is 1. The fourth-order valence-electron chi connectivity index (χ4n) is 1.23. The molecule has 0 bridgehead atoms. The molecule has 1 aromatic carbocycles. The SMILES string of the molecule is CC(=O)Nc1ccc(NC(=O)C(C)(C)CN)cc1. The van der Waals surface area contributed by atoms with Crippen molar-refractivity contribution in [2.75, 3.05) is 17.2 Å². The highest BCUT2D eigenvalue weighted by Gasteiger charge is 2.25. The monoisotopic (exact) mass is 249 g/mol. The molecule has 1 rings (SSSR count). The van der Waals surface area contributed by atoms with E-state index in [1.54, 1.807) is 38.1 Å². The van der Waals surface area contributed by atoms with Crippen LogP contribution in [0.25, 0.3) is 0 Å². The lowest BCUT2D eigenvalue weighted by molar-refractivity contribution is -0.123. The van der Waals surface area contributed by atoms with Crippen LogP contribution in [0.1, 0.15) is 20.8 Å². The maximum absolute atomic E-state index is 11.9. The van der Waals surface area contributed by atoms with Crippen molar-refractivity contribution in [1.29, 1.82) is 0 Å². The molecule has 0 aliphatic carbocycles. The second-order valence-electron chi connectivity index (χ2n) is 4.80. The predicted octanol–water partition coefficient (Wildman–Crippen LogP) is 1.57. The van der Waals surface area contributed by atoms with Crippen LogP contribution in [0.2, 0.25) is 0 Å². The highest BCUT2D eigenvalue weighted by atomic mass is 16.2. The van der Waals surface area contributed by atoms with Gasteiger partial charge in [0, 0.05) is 24.8 Å². The Labute approximate surface area is 107 Å². The van der Waals surface area contributed by atoms with E-state index < -0.39 is 5.41 Å². The molecule has 0 saturated heterocycles. The second-order valence-corrected chi connectivity index (χ2v) is 4.80. The number of amides is 2. The van der Waals surface area contributed by atoms with E-state index in [1.807, 2.05) is 0 Å². The fraction of sp³-hybridized carbons (Fsp3) is 0.385. The van der Waals surface area contributed by atoms with Crippen molar-refractivity contribution in [3.63, 3.8) is 0 Å². The molecule has 0 spiro atoms. The zero-order valence-corrected chi connectivity index (χ0v) is 10.9. The summed E-state index contributed by atoms with van der Waals surface area (Å²) in [5.41, 5.74) is 6.30. The van der Waals surface area contributed by atoms with Gasteiger partial charge in [0.2, 0.25) is 11.8 Å². The summed E-state index contributed by atoms with van der Waals surface area (Å²) in [6.07, 6.45) is 0. The van der Waals surface area contributed by atoms with E-state index >= 15 is 0 Å². The Hall–Kier alpha value is -1.88. The smallest absolute Gasteiger partial charge is 0.231 e. The minimum Gasteiger partial charge on any atom is -0.329 e. The third-order valence-electron chi connectivity index (χ3n) is 2.59. The topological polar surface area (TPSA) is 84.2 Å². The van der Waals surface area contributed by atoms with Gasteiger partial charge in [0.15, 0.2) is 0 Å². The first-order valence-corrected chi connectivity index (χ1v) is 5.74. The van der Waals surface area contributed by atoms with E-state index in [2.05, 4.69) is 10.6 Å². The van der Waals surface area contributed by atoms with Crippen LogP contribution in [-0.4, -0.2) is 18.4 Å². The quantitative estimate of drug-likeness (QED) is 0.757. The molecule has 0 atom stereocenters. The Morgan fingerprint density at radius 3 is 1.94 bits per heavy atom. The Morgan fingerprint density at radius 1 is 1.11 bits per heavy atom. The molecule has 5 nitrogen and oxygen atoms in total. The van der Waals surface area contributed by atoms with E-state index in [1.165, 1.54) is 6.92 Å². The molecule has 4 N–H and O–H groups in total. The Morgan fingerprint density at radius 2 is 1.56 bits per heavy atom. The largest absolute Gasteiger partial charge is 0.329 e. The van der Waals surface area contributed by atoms with E-state index in [9.17, 15) is 9.59 Å². The number of carbonyl (C=O) groups is 2. The summed E-state index contributed by atoms with van der Waals surface area (Å²) < 4.78 is 0. The average molecular weight is 249 g/mol. The molecular weight excluding hydrogens is 230 g/mol. The number of benzene rings is 1. The maximum Gasteiger partial charge on any atom is 0.231 e. The second kappa shape index (κ2) is 5.64. The Bertz CT molecular complexity index is 438. The molecule has 98 valence electrons. The fourth-order valence-corrected chi connectivity index (χ4v) is 1.23. The van der Waals surface area contributed by atoms with Crippen molar-refractivity contribution in [2.24, 2.45) is 11.1 Å². The van der Waals surface area contributed by atoms with Gasteiger partial charge in [-0.25, -0.2) is 0 Å². The van der Waals surface area contributed by atoms with Crippen LogP contribution in [0.15, 0.2) is 24.3 Å². The van der Waals surface area contributed by atoms with Gasteiger partial charge in [-0.1, -0.05) is 0 Å². The Balaban J connectivity index is 2.69. The van der Waals surface area contributed by atoms with Gasteiger partial charge >= 0.3 is 0 Å². The van der Waals surface area contributed by atoms with Crippen molar-refractivity contribution >= 4 is 23.2 Å². The highest BCUT2D eigenvalue weighted by Crippen LogP contribution is 2.18. The molecule has 2 amide bonds. The Kier molecular flexibility index (Phi) is 4.44. The maximum atomic E-state index is 11.9. The summed E-state index contributed by atoms with van der Waals surface area (Å²) in [5.74, 6) is -0.256. The van der Waals surface area contributed by atoms with E-state index in [0.29, 0.717) is 11.4 Å². The minimum atomic E-state index is -0.601. The molecule has 0 aliphatic rings. The molecule has 0 aliphatic heterocycles. The summed E-state index contributed by atoms with van der Waals surface area (Å²) in [5, 5.41) is 5.44. The first-order chi connectivity index (χ1) is 8.35. The number of hydrogen-bond donors (Lipinski definition) is 3. The lowest BCUT2D eigenvalue weighted by Crippen LogP contribution is -2.37. The zero-order chi connectivity index (χ0) is 13.8. The van der Waals surface area contributed by atoms with Crippen molar-refractivity contribution in [3.05, 3.63) is 24.3 Å². The number of rotatable bonds is 4. The zero-order valence-electron chi connectivity index (χ0n) is 10.9. The standard InChI is InChI=1S/C13H19N3O2/c1-9(17)15-10-4-6-11(7-5-10)16-12(18)13(2,3)8-14/h4-7H,8,14H2,1-3H3,(H,15,17)(H,16,18). The predicted molar refractivity (Wildman–Crippen MR) is 72.2 cm³/mol. The van der Waals surface area contributed by atoms with Crippen molar-refractivity contribution < 1.29 is 9.59 Å². The first kappa shape index (κ1) is 14.2. The first-order valence-electron chi connectivity index (χ1n) is 5.74. The van der Waals surface area contributed by atoms with Crippen LogP contribution in [0.5, 0.6) is 0 Å². The van der Waals surface area contributed by atoms with Crippen molar-refractivity contribution in [2.45, 2.75) is 20.8 Å². The van der Waals surface area contributed by atoms with Gasteiger partial charge in [-0.2, -0.15) is 0 Å². The summed E-state index contributed by atoms with van der Waals surface area (Å²) in [7, 11) is 0. The van der Waals surface area contributed by atoms with Gasteiger partial charge in [-0.3, -0.25) is 9.59 Å². The van der Waals surface area contributed by atoms with E-state index in [4.69, 9.17) is 5.73 Å². The normalized spacial score (nSPS) is 10.9. The van der Waals surface area contributed by atoms with Crippen LogP contribution >= 0.6 is 0 Å². The number of nitrogens with one attached hydrogen (secondary N) is 2. The molecule has 0 unspecified atom stereocenters. The van der Waals surface area contributed by atoms with E-state index in [0.717, 1.165) is 0 Å². The third-order valence-corrected chi connectivity index (χ3v) is 2.59. The molecule has 0 radical (unpaired) electrons. The highest BCUT2D eigenvalue weighted by molar-refractivity contribution is 5.95. The summed E-state index contributed by atoms with van der Waals surface area (Å²) in [4.78, 5) is 22.7. The van der Waals surface area contributed by atoms with Gasteiger partial charge < -0.3 is 16.4 Å². The average Bonchev–Trinajstić information content (AvgIpc) is 2.31. The van der Waals surface area contributed by atoms with Gasteiger partial charge in [0.05, 0.1) is 5.41 Å². The van der Waals surface area contributed by atoms with Crippen LogP contribution in [0, 0.1) is 5.41 Å². The minimum absolute atomic E-state index is 0.128. The molecule has 18 heavy (non-hydrogen) atoms. The van der Waals surface area contributed by atoms with Crippen LogP contribution in [-0.2, 0) is 9.59 Å². The van der Waals surface area contributed by atoms with Gasteiger partial charge in [0.25, 0.3) is 0 Å². The lowest BCUT2D eigenvalue weighted by Gasteiger charge is -2.21. The number of carbonyl (C=O) groups excluding carboxylic acids is 2. The molecule has 0 aromatic heterocycles. The molecule has 0 fully saturated rings. The molecule has 5 heteroatoms. The molecule has 1 aromatic rings. The van der Waals surface area contributed by atoms with Crippen LogP contribution in [0.3, 0.4) is 0 Å². The number of hydrogen-bond acceptors (Lipinski definition) is 3. The molecule has 0 saturated carbocycles. The van der Waals surface area contributed by atoms with Gasteiger partial charge in [-0.15, -0.1) is 0 Å². The third kappa shape index (κ3) is 3.85. The van der Waals surface area contributed by atoms with Gasteiger partial charge in [0.1, 0.15) is 0 Å². The van der Waals surface area contributed by atoms with E-state index in [-0.39, 0.29) is 18.4 Å². The molecule has 0 heterocycles. The summed E-state index contributed by atoms with van der Waals surface area (Å²) >= 11 is 0. The summed E-state index contributed by atoms with van der Waals surface area (Å²) in [6.45, 7) is 5.30. The molecular formula is C13H19N3O2. The lowest BCUT2D eigenvalue weighted by atomic mass is 9.92. The van der Waals surface area contributed by atoms with Crippen LogP contribution < -0.4 is 16.4 Å². The number of anilines is 2. The van der Waals surface area contributed by atoms with Crippen LogP contribution in [0.4, 0.5) is 11.4 Å². The van der Waals surface area contributed by atoms with Gasteiger partial charge in [-0.05, 0) is 38.1 Å². The summed E-state index contributed by atoms with van der Waals surface area (Å²) in [6, 6.07) is 6.92.